The fourth-order valence-electron chi connectivity index (χ4n) is 2.12. The third-order valence-corrected chi connectivity index (χ3v) is 4.02. The van der Waals surface area contributed by atoms with Crippen molar-refractivity contribution in [2.75, 3.05) is 5.32 Å². The zero-order valence-electron chi connectivity index (χ0n) is 9.43. The van der Waals surface area contributed by atoms with Crippen molar-refractivity contribution >= 4 is 33.3 Å². The predicted molar refractivity (Wildman–Crippen MR) is 72.0 cm³/mol. The van der Waals surface area contributed by atoms with Crippen LogP contribution in [0.5, 0.6) is 0 Å². The molecule has 1 fully saturated rings. The van der Waals surface area contributed by atoms with Gasteiger partial charge in [0.05, 0.1) is 5.38 Å². The average molecular weight is 322 g/mol. The summed E-state index contributed by atoms with van der Waals surface area (Å²) in [5.74, 6) is -0.0433. The van der Waals surface area contributed by atoms with Crippen LogP contribution in [0.25, 0.3) is 0 Å². The zero-order valence-corrected chi connectivity index (χ0v) is 11.8. The molecule has 2 atom stereocenters. The number of hydrogen-bond donors (Lipinski definition) is 1. The summed E-state index contributed by atoms with van der Waals surface area (Å²) in [6.07, 6.45) is 7.05. The molecule has 2 nitrogen and oxygen atoms in total. The molecule has 0 amide bonds. The minimum absolute atomic E-state index is 0.0577. The maximum absolute atomic E-state index is 13.6. The van der Waals surface area contributed by atoms with Gasteiger partial charge in [-0.3, -0.25) is 0 Å². The zero-order chi connectivity index (χ0) is 12.3. The minimum atomic E-state index is -0.340. The molecule has 2 rings (SSSR count). The van der Waals surface area contributed by atoms with Crippen LogP contribution in [0.1, 0.15) is 32.1 Å². The van der Waals surface area contributed by atoms with Crippen molar-refractivity contribution in [1.82, 2.24) is 4.98 Å². The van der Waals surface area contributed by atoms with Crippen LogP contribution in [0.3, 0.4) is 0 Å². The highest BCUT2D eigenvalue weighted by Crippen LogP contribution is 2.26. The van der Waals surface area contributed by atoms with E-state index in [1.807, 2.05) is 0 Å². The number of pyridine rings is 1. The Morgan fingerprint density at radius 3 is 2.88 bits per heavy atom. The van der Waals surface area contributed by atoms with Crippen LogP contribution in [0.2, 0.25) is 0 Å². The Bertz CT molecular complexity index is 389. The molecule has 1 heterocycles. The van der Waals surface area contributed by atoms with Gasteiger partial charge in [0.1, 0.15) is 0 Å². The van der Waals surface area contributed by atoms with Crippen LogP contribution in [-0.4, -0.2) is 16.4 Å². The molecule has 1 saturated carbocycles. The maximum atomic E-state index is 13.6. The van der Waals surface area contributed by atoms with Crippen LogP contribution in [0.4, 0.5) is 10.2 Å². The number of aromatic nitrogens is 1. The molecule has 0 aliphatic heterocycles. The van der Waals surface area contributed by atoms with Crippen LogP contribution in [-0.2, 0) is 0 Å². The van der Waals surface area contributed by atoms with Crippen molar-refractivity contribution in [2.24, 2.45) is 0 Å². The predicted octanol–water partition coefficient (Wildman–Crippen LogP) is 4.34. The van der Waals surface area contributed by atoms with Crippen molar-refractivity contribution < 1.29 is 4.39 Å². The van der Waals surface area contributed by atoms with Gasteiger partial charge in [-0.05, 0) is 34.8 Å². The van der Waals surface area contributed by atoms with Crippen LogP contribution in [0, 0.1) is 5.82 Å². The highest BCUT2D eigenvalue weighted by Gasteiger charge is 2.22. The molecule has 0 bridgehead atoms. The molecule has 0 radical (unpaired) electrons. The summed E-state index contributed by atoms with van der Waals surface area (Å²) in [7, 11) is 0. The first-order valence-corrected chi connectivity index (χ1v) is 7.11. The average Bonchev–Trinajstić information content (AvgIpc) is 2.48. The summed E-state index contributed by atoms with van der Waals surface area (Å²) in [4.78, 5) is 4.05. The Hall–Kier alpha value is -0.350. The van der Waals surface area contributed by atoms with Gasteiger partial charge in [0, 0.05) is 16.7 Å². The summed E-state index contributed by atoms with van der Waals surface area (Å²) >= 11 is 9.49. The van der Waals surface area contributed by atoms with E-state index in [1.165, 1.54) is 12.5 Å². The monoisotopic (exact) mass is 320 g/mol. The quantitative estimate of drug-likeness (QED) is 0.647. The number of anilines is 1. The Morgan fingerprint density at radius 1 is 1.35 bits per heavy atom. The van der Waals surface area contributed by atoms with Gasteiger partial charge in [0.25, 0.3) is 0 Å². The van der Waals surface area contributed by atoms with Crippen LogP contribution < -0.4 is 5.32 Å². The Balaban J connectivity index is 2.08. The number of hydrogen-bond acceptors (Lipinski definition) is 2. The molecule has 17 heavy (non-hydrogen) atoms. The summed E-state index contributed by atoms with van der Waals surface area (Å²) in [5, 5.41) is 3.18. The van der Waals surface area contributed by atoms with E-state index in [4.69, 9.17) is 11.6 Å². The first-order valence-electron chi connectivity index (χ1n) is 5.88. The van der Waals surface area contributed by atoms with E-state index in [9.17, 15) is 4.39 Å². The molecule has 1 N–H and O–H groups in total. The molecule has 0 aromatic carbocycles. The highest BCUT2D eigenvalue weighted by molar-refractivity contribution is 9.10. The van der Waals surface area contributed by atoms with Crippen LogP contribution in [0.15, 0.2) is 16.7 Å². The van der Waals surface area contributed by atoms with Gasteiger partial charge in [0.15, 0.2) is 11.6 Å². The van der Waals surface area contributed by atoms with E-state index in [0.717, 1.165) is 25.7 Å². The van der Waals surface area contributed by atoms with E-state index in [2.05, 4.69) is 26.2 Å². The number of rotatable bonds is 2. The first-order chi connectivity index (χ1) is 8.16. The van der Waals surface area contributed by atoms with E-state index >= 15 is 0 Å². The van der Waals surface area contributed by atoms with E-state index < -0.39 is 0 Å². The van der Waals surface area contributed by atoms with Gasteiger partial charge in [-0.1, -0.05) is 19.3 Å². The smallest absolute Gasteiger partial charge is 0.166 e. The molecule has 1 aromatic heterocycles. The van der Waals surface area contributed by atoms with Crippen molar-refractivity contribution in [3.63, 3.8) is 0 Å². The Kier molecular flexibility index (Phi) is 4.62. The first kappa shape index (κ1) is 13.1. The van der Waals surface area contributed by atoms with E-state index in [-0.39, 0.29) is 17.2 Å². The Labute approximate surface area is 114 Å². The van der Waals surface area contributed by atoms with E-state index in [0.29, 0.717) is 10.3 Å². The number of nitrogens with one attached hydrogen (secondary N) is 1. The standard InChI is InChI=1S/C12H15BrClFN2/c13-8-6-10(15)12(16-7-8)17-11-5-3-1-2-4-9(11)14/h6-7,9,11H,1-5H2,(H,16,17). The van der Waals surface area contributed by atoms with Gasteiger partial charge in [-0.25, -0.2) is 9.37 Å². The van der Waals surface area contributed by atoms with Crippen molar-refractivity contribution in [2.45, 2.75) is 43.5 Å². The SMILES string of the molecule is Fc1cc(Br)cnc1NC1CCCCCC1Cl. The second-order valence-electron chi connectivity index (χ2n) is 4.39. The lowest BCUT2D eigenvalue weighted by Gasteiger charge is -2.21. The lowest BCUT2D eigenvalue weighted by atomic mass is 10.1. The third-order valence-electron chi connectivity index (χ3n) is 3.06. The molecule has 0 saturated heterocycles. The van der Waals surface area contributed by atoms with E-state index in [1.54, 1.807) is 6.20 Å². The lowest BCUT2D eigenvalue weighted by molar-refractivity contribution is 0.594. The summed E-state index contributed by atoms with van der Waals surface area (Å²) in [6.45, 7) is 0. The van der Waals surface area contributed by atoms with Gasteiger partial charge >= 0.3 is 0 Å². The lowest BCUT2D eigenvalue weighted by Crippen LogP contribution is -2.29. The molecule has 0 spiro atoms. The largest absolute Gasteiger partial charge is 0.363 e. The number of alkyl halides is 1. The summed E-state index contributed by atoms with van der Waals surface area (Å²) in [5.41, 5.74) is 0. The fraction of sp³-hybridized carbons (Fsp3) is 0.583. The topological polar surface area (TPSA) is 24.9 Å². The molecule has 1 aliphatic carbocycles. The van der Waals surface area contributed by atoms with Gasteiger partial charge < -0.3 is 5.32 Å². The molecule has 94 valence electrons. The number of halogens is 3. The van der Waals surface area contributed by atoms with Crippen LogP contribution >= 0.6 is 27.5 Å². The molecule has 2 unspecified atom stereocenters. The van der Waals surface area contributed by atoms with Gasteiger partial charge in [0.2, 0.25) is 0 Å². The Morgan fingerprint density at radius 2 is 2.12 bits per heavy atom. The normalized spacial score (nSPS) is 25.4. The minimum Gasteiger partial charge on any atom is -0.363 e. The second-order valence-corrected chi connectivity index (χ2v) is 5.87. The second kappa shape index (κ2) is 6.01. The molecular formula is C12H15BrClFN2. The molecule has 1 aliphatic rings. The number of nitrogens with zero attached hydrogens (tertiary/aromatic N) is 1. The molecule has 5 heteroatoms. The molecule has 1 aromatic rings. The fourth-order valence-corrected chi connectivity index (χ4v) is 2.77. The maximum Gasteiger partial charge on any atom is 0.166 e. The third kappa shape index (κ3) is 3.55. The van der Waals surface area contributed by atoms with Gasteiger partial charge in [-0.2, -0.15) is 0 Å². The highest BCUT2D eigenvalue weighted by atomic mass is 79.9. The van der Waals surface area contributed by atoms with Crippen molar-refractivity contribution in [3.8, 4) is 0 Å². The summed E-state index contributed by atoms with van der Waals surface area (Å²) < 4.78 is 14.3. The van der Waals surface area contributed by atoms with Gasteiger partial charge in [-0.15, -0.1) is 11.6 Å². The summed E-state index contributed by atoms with van der Waals surface area (Å²) in [6, 6.07) is 1.53. The van der Waals surface area contributed by atoms with Crippen molar-refractivity contribution in [3.05, 3.63) is 22.6 Å². The molecular weight excluding hydrogens is 307 g/mol. The van der Waals surface area contributed by atoms with Crippen molar-refractivity contribution in [1.29, 1.82) is 0 Å².